The van der Waals surface area contributed by atoms with E-state index in [9.17, 15) is 4.79 Å². The zero-order valence-corrected chi connectivity index (χ0v) is 8.45. The first kappa shape index (κ1) is 10.1. The quantitative estimate of drug-likeness (QED) is 0.744. The van der Waals surface area contributed by atoms with Crippen LogP contribution in [0.4, 0.5) is 5.82 Å². The maximum absolute atomic E-state index is 10.7. The summed E-state index contributed by atoms with van der Waals surface area (Å²) in [7, 11) is 1.76. The Bertz CT molecular complexity index is 549. The minimum atomic E-state index is -1.15. The molecule has 16 heavy (non-hydrogen) atoms. The molecule has 0 aliphatic carbocycles. The SMILES string of the molecule is Cn1ccc(-c2ncc(C(=O)O)c(N)n2)n1. The van der Waals surface area contributed by atoms with E-state index >= 15 is 0 Å². The number of nitrogens with zero attached hydrogens (tertiary/aromatic N) is 4. The molecule has 0 aromatic carbocycles. The number of anilines is 1. The Labute approximate surface area is 90.6 Å². The maximum atomic E-state index is 10.7. The molecule has 2 aromatic rings. The molecule has 0 aliphatic heterocycles. The van der Waals surface area contributed by atoms with Gasteiger partial charge in [-0.25, -0.2) is 14.8 Å². The normalized spacial score (nSPS) is 10.3. The molecular weight excluding hydrogens is 210 g/mol. The van der Waals surface area contributed by atoms with Crippen LogP contribution in [0.1, 0.15) is 10.4 Å². The van der Waals surface area contributed by atoms with Gasteiger partial charge in [-0.2, -0.15) is 5.10 Å². The van der Waals surface area contributed by atoms with Crippen LogP contribution in [0.25, 0.3) is 11.5 Å². The van der Waals surface area contributed by atoms with E-state index in [1.165, 1.54) is 6.20 Å². The average molecular weight is 219 g/mol. The van der Waals surface area contributed by atoms with E-state index in [1.54, 1.807) is 24.0 Å². The monoisotopic (exact) mass is 219 g/mol. The second-order valence-electron chi connectivity index (χ2n) is 3.17. The van der Waals surface area contributed by atoms with Gasteiger partial charge in [-0.1, -0.05) is 0 Å². The number of hydrogen-bond donors (Lipinski definition) is 2. The predicted molar refractivity (Wildman–Crippen MR) is 55.6 cm³/mol. The average Bonchev–Trinajstić information content (AvgIpc) is 2.64. The fourth-order valence-corrected chi connectivity index (χ4v) is 1.22. The molecule has 2 aromatic heterocycles. The number of aromatic nitrogens is 4. The van der Waals surface area contributed by atoms with Crippen molar-refractivity contribution in [1.82, 2.24) is 19.7 Å². The molecule has 0 bridgehead atoms. The Kier molecular flexibility index (Phi) is 2.28. The lowest BCUT2D eigenvalue weighted by Gasteiger charge is -2.00. The van der Waals surface area contributed by atoms with Crippen molar-refractivity contribution < 1.29 is 9.90 Å². The lowest BCUT2D eigenvalue weighted by molar-refractivity contribution is 0.0697. The molecule has 2 rings (SSSR count). The van der Waals surface area contributed by atoms with Gasteiger partial charge in [0.15, 0.2) is 5.82 Å². The topological polar surface area (TPSA) is 107 Å². The third-order valence-electron chi connectivity index (χ3n) is 1.99. The van der Waals surface area contributed by atoms with Crippen LogP contribution >= 0.6 is 0 Å². The number of carboxylic acid groups (broad SMARTS) is 1. The Morgan fingerprint density at radius 2 is 2.31 bits per heavy atom. The van der Waals surface area contributed by atoms with Crippen LogP contribution in [0, 0.1) is 0 Å². The van der Waals surface area contributed by atoms with Gasteiger partial charge in [-0.05, 0) is 6.07 Å². The Morgan fingerprint density at radius 1 is 1.56 bits per heavy atom. The van der Waals surface area contributed by atoms with Crippen LogP contribution in [0.15, 0.2) is 18.5 Å². The second-order valence-corrected chi connectivity index (χ2v) is 3.17. The number of nitrogens with two attached hydrogens (primary N) is 1. The van der Waals surface area contributed by atoms with Crippen molar-refractivity contribution in [3.63, 3.8) is 0 Å². The van der Waals surface area contributed by atoms with Gasteiger partial charge in [-0.3, -0.25) is 4.68 Å². The number of carbonyl (C=O) groups is 1. The van der Waals surface area contributed by atoms with Crippen LogP contribution in [0.5, 0.6) is 0 Å². The highest BCUT2D eigenvalue weighted by Crippen LogP contribution is 2.15. The van der Waals surface area contributed by atoms with Gasteiger partial charge in [0.2, 0.25) is 0 Å². The highest BCUT2D eigenvalue weighted by Gasteiger charge is 2.12. The van der Waals surface area contributed by atoms with Crippen molar-refractivity contribution in [2.24, 2.45) is 7.05 Å². The molecule has 0 spiro atoms. The van der Waals surface area contributed by atoms with E-state index in [4.69, 9.17) is 10.8 Å². The van der Waals surface area contributed by atoms with Crippen molar-refractivity contribution in [3.8, 4) is 11.5 Å². The van der Waals surface area contributed by atoms with Crippen molar-refractivity contribution in [3.05, 3.63) is 24.0 Å². The molecule has 0 unspecified atom stereocenters. The summed E-state index contributed by atoms with van der Waals surface area (Å²) in [4.78, 5) is 18.5. The highest BCUT2D eigenvalue weighted by atomic mass is 16.4. The van der Waals surface area contributed by atoms with Gasteiger partial charge in [-0.15, -0.1) is 0 Å². The maximum Gasteiger partial charge on any atom is 0.341 e. The predicted octanol–water partition coefficient (Wildman–Crippen LogP) is 0.157. The Hall–Kier alpha value is -2.44. The molecule has 3 N–H and O–H groups in total. The molecule has 0 saturated carbocycles. The summed E-state index contributed by atoms with van der Waals surface area (Å²) in [5.41, 5.74) is 5.94. The van der Waals surface area contributed by atoms with E-state index in [2.05, 4.69) is 15.1 Å². The first-order chi connectivity index (χ1) is 7.58. The molecule has 0 saturated heterocycles. The summed E-state index contributed by atoms with van der Waals surface area (Å²) < 4.78 is 1.60. The van der Waals surface area contributed by atoms with Gasteiger partial charge in [0.1, 0.15) is 17.1 Å². The number of nitrogen functional groups attached to an aromatic ring is 1. The summed E-state index contributed by atoms with van der Waals surface area (Å²) in [6, 6.07) is 1.72. The Morgan fingerprint density at radius 3 is 2.81 bits per heavy atom. The Balaban J connectivity index is 2.45. The van der Waals surface area contributed by atoms with Gasteiger partial charge in [0.05, 0.1) is 0 Å². The zero-order chi connectivity index (χ0) is 11.7. The molecule has 0 radical (unpaired) electrons. The summed E-state index contributed by atoms with van der Waals surface area (Å²) in [6.07, 6.45) is 2.91. The summed E-state index contributed by atoms with van der Waals surface area (Å²) in [5.74, 6) is -0.906. The molecule has 2 heterocycles. The minimum absolute atomic E-state index is 0.0665. The lowest BCUT2D eigenvalue weighted by atomic mass is 10.3. The summed E-state index contributed by atoms with van der Waals surface area (Å²) >= 11 is 0. The van der Waals surface area contributed by atoms with E-state index in [0.717, 1.165) is 0 Å². The van der Waals surface area contributed by atoms with Crippen LogP contribution in [-0.2, 0) is 7.05 Å². The van der Waals surface area contributed by atoms with Gasteiger partial charge in [0.25, 0.3) is 0 Å². The third kappa shape index (κ3) is 1.70. The number of carboxylic acids is 1. The highest BCUT2D eigenvalue weighted by molar-refractivity contribution is 5.92. The first-order valence-corrected chi connectivity index (χ1v) is 4.44. The van der Waals surface area contributed by atoms with Crippen molar-refractivity contribution >= 4 is 11.8 Å². The zero-order valence-electron chi connectivity index (χ0n) is 8.45. The van der Waals surface area contributed by atoms with E-state index in [1.807, 2.05) is 0 Å². The van der Waals surface area contributed by atoms with Crippen LogP contribution in [0.2, 0.25) is 0 Å². The second kappa shape index (κ2) is 3.61. The standard InChI is InChI=1S/C9H9N5O2/c1-14-3-2-6(13-14)8-11-4-5(9(15)16)7(10)12-8/h2-4H,1H3,(H,15,16)(H2,10,11,12). The van der Waals surface area contributed by atoms with Crippen LogP contribution in [0.3, 0.4) is 0 Å². The smallest absolute Gasteiger partial charge is 0.341 e. The fourth-order valence-electron chi connectivity index (χ4n) is 1.22. The van der Waals surface area contributed by atoms with E-state index < -0.39 is 5.97 Å². The fraction of sp³-hybridized carbons (Fsp3) is 0.111. The molecule has 0 atom stereocenters. The van der Waals surface area contributed by atoms with E-state index in [0.29, 0.717) is 11.5 Å². The lowest BCUT2D eigenvalue weighted by Crippen LogP contribution is -2.06. The third-order valence-corrected chi connectivity index (χ3v) is 1.99. The number of aryl methyl sites for hydroxylation is 1. The van der Waals surface area contributed by atoms with Crippen molar-refractivity contribution in [1.29, 1.82) is 0 Å². The van der Waals surface area contributed by atoms with Gasteiger partial charge in [0, 0.05) is 19.4 Å². The van der Waals surface area contributed by atoms with E-state index in [-0.39, 0.29) is 11.4 Å². The molecule has 0 amide bonds. The molecular formula is C9H9N5O2. The van der Waals surface area contributed by atoms with Crippen LogP contribution in [-0.4, -0.2) is 30.8 Å². The molecule has 82 valence electrons. The largest absolute Gasteiger partial charge is 0.477 e. The minimum Gasteiger partial charge on any atom is -0.477 e. The number of aromatic carboxylic acids is 1. The van der Waals surface area contributed by atoms with Crippen molar-refractivity contribution in [2.75, 3.05) is 5.73 Å². The van der Waals surface area contributed by atoms with Gasteiger partial charge >= 0.3 is 5.97 Å². The first-order valence-electron chi connectivity index (χ1n) is 4.44. The number of hydrogen-bond acceptors (Lipinski definition) is 5. The molecule has 0 aliphatic rings. The summed E-state index contributed by atoms with van der Waals surface area (Å²) in [5, 5.41) is 12.8. The molecule has 0 fully saturated rings. The van der Waals surface area contributed by atoms with Crippen LogP contribution < -0.4 is 5.73 Å². The summed E-state index contributed by atoms with van der Waals surface area (Å²) in [6.45, 7) is 0. The number of rotatable bonds is 2. The van der Waals surface area contributed by atoms with Crippen molar-refractivity contribution in [2.45, 2.75) is 0 Å². The molecule has 7 heteroatoms. The van der Waals surface area contributed by atoms with Gasteiger partial charge < -0.3 is 10.8 Å². The molecule has 7 nitrogen and oxygen atoms in total.